The van der Waals surface area contributed by atoms with Gasteiger partial charge in [-0.25, -0.2) is 14.4 Å². The van der Waals surface area contributed by atoms with Crippen molar-refractivity contribution in [3.63, 3.8) is 0 Å². The summed E-state index contributed by atoms with van der Waals surface area (Å²) in [7, 11) is 0. The fraction of sp³-hybridized carbons (Fsp3) is 0.125. The number of carboxylic acids is 1. The third-order valence-electron chi connectivity index (χ3n) is 5.63. The van der Waals surface area contributed by atoms with Gasteiger partial charge < -0.3 is 9.84 Å². The molecule has 0 amide bonds. The lowest BCUT2D eigenvalue weighted by Crippen LogP contribution is -2.15. The highest BCUT2D eigenvalue weighted by atomic mass is 35.5. The van der Waals surface area contributed by atoms with E-state index in [1.165, 1.54) is 54.7 Å². The molecule has 2 aromatic heterocycles. The molecule has 0 fully saturated rings. The highest BCUT2D eigenvalue weighted by molar-refractivity contribution is 6.30. The molecule has 0 bridgehead atoms. The molecule has 0 aliphatic carbocycles. The fourth-order valence-corrected chi connectivity index (χ4v) is 3.38. The summed E-state index contributed by atoms with van der Waals surface area (Å²) in [6.45, 7) is 9.91. The van der Waals surface area contributed by atoms with E-state index in [1.54, 1.807) is 37.6 Å². The van der Waals surface area contributed by atoms with Gasteiger partial charge in [0.1, 0.15) is 0 Å². The lowest BCUT2D eigenvalue weighted by atomic mass is 10.1. The molecule has 2 aromatic carbocycles. The summed E-state index contributed by atoms with van der Waals surface area (Å²) in [5.41, 5.74) is 4.16. The number of carbonyl (C=O) groups is 4. The molecule has 43 heavy (non-hydrogen) atoms. The van der Waals surface area contributed by atoms with Crippen molar-refractivity contribution in [1.29, 1.82) is 5.26 Å². The van der Waals surface area contributed by atoms with Crippen LogP contribution in [0.2, 0.25) is 0 Å². The number of aromatic carboxylic acids is 1. The molecule has 0 aliphatic rings. The van der Waals surface area contributed by atoms with E-state index in [9.17, 15) is 19.2 Å². The number of halogens is 1. The van der Waals surface area contributed by atoms with E-state index >= 15 is 0 Å². The predicted octanol–water partition coefficient (Wildman–Crippen LogP) is 6.05. The van der Waals surface area contributed by atoms with Gasteiger partial charge in [-0.1, -0.05) is 24.3 Å². The number of rotatable bonds is 7. The van der Waals surface area contributed by atoms with Gasteiger partial charge in [0, 0.05) is 35.9 Å². The number of nitrogens with zero attached hydrogens (tertiary/aromatic N) is 4. The number of hydrogen-bond donors (Lipinski definition) is 1. The van der Waals surface area contributed by atoms with Gasteiger partial charge >= 0.3 is 11.9 Å². The van der Waals surface area contributed by atoms with E-state index in [-0.39, 0.29) is 29.6 Å². The number of Topliss-reactive ketones (excluding diaryl/α,β-unsaturated/α-hetero) is 2. The van der Waals surface area contributed by atoms with E-state index in [1.807, 2.05) is 13.0 Å². The molecule has 216 valence electrons. The predicted molar refractivity (Wildman–Crippen MR) is 158 cm³/mol. The molecular weight excluding hydrogens is 572 g/mol. The molecule has 4 rings (SSSR count). The second-order valence-corrected chi connectivity index (χ2v) is 8.86. The van der Waals surface area contributed by atoms with Gasteiger partial charge in [0.05, 0.1) is 35.2 Å². The van der Waals surface area contributed by atoms with Gasteiger partial charge in [0.15, 0.2) is 18.1 Å². The first-order chi connectivity index (χ1) is 20.6. The number of carboxylic acid groups (broad SMARTS) is 1. The maximum absolute atomic E-state index is 11.9. The van der Waals surface area contributed by atoms with E-state index in [4.69, 9.17) is 33.3 Å². The van der Waals surface area contributed by atoms with Crippen molar-refractivity contribution in [2.45, 2.75) is 13.8 Å². The maximum Gasteiger partial charge on any atom is 0.338 e. The number of esters is 1. The average molecular weight is 597 g/mol. The number of nitriles is 1. The zero-order chi connectivity index (χ0) is 31.8. The van der Waals surface area contributed by atoms with Gasteiger partial charge in [0.2, 0.25) is 5.78 Å². The van der Waals surface area contributed by atoms with Crippen molar-refractivity contribution in [3.05, 3.63) is 136 Å². The van der Waals surface area contributed by atoms with Crippen LogP contribution in [-0.4, -0.2) is 51.1 Å². The first-order valence-corrected chi connectivity index (χ1v) is 13.0. The third-order valence-corrected chi connectivity index (χ3v) is 5.87. The minimum absolute atomic E-state index is 0.0204. The number of carbonyl (C=O) groups excluding carboxylic acids is 3. The van der Waals surface area contributed by atoms with Crippen LogP contribution in [0.5, 0.6) is 0 Å². The van der Waals surface area contributed by atoms with Crippen LogP contribution in [-0.2, 0) is 4.74 Å². The number of alkyl halides is 1. The largest absolute Gasteiger partial charge is 0.478 e. The molecule has 2 heterocycles. The SMILES string of the molecule is Cc1ccncc1C(=O)CCl.Cc1ccncc1C(=O)COC(=O)c1ccc(C#N)cc1.[C-]#[N+]c1ccc(C(=O)O)cc1. The normalized spacial score (nSPS) is 9.42. The number of aromatic nitrogens is 2. The first-order valence-electron chi connectivity index (χ1n) is 12.4. The summed E-state index contributed by atoms with van der Waals surface area (Å²) in [5.74, 6) is -1.93. The molecule has 10 nitrogen and oxygen atoms in total. The van der Waals surface area contributed by atoms with Crippen LogP contribution in [0, 0.1) is 31.8 Å². The quantitative estimate of drug-likeness (QED) is 0.116. The van der Waals surface area contributed by atoms with Gasteiger partial charge in [-0.2, -0.15) is 5.26 Å². The minimum Gasteiger partial charge on any atom is -0.478 e. The molecule has 0 spiro atoms. The summed E-state index contributed by atoms with van der Waals surface area (Å²) < 4.78 is 4.97. The van der Waals surface area contributed by atoms with Crippen LogP contribution in [0.1, 0.15) is 58.1 Å². The van der Waals surface area contributed by atoms with Crippen molar-refractivity contribution in [2.24, 2.45) is 0 Å². The van der Waals surface area contributed by atoms with Crippen LogP contribution in [0.3, 0.4) is 0 Å². The molecule has 0 radical (unpaired) electrons. The summed E-state index contributed by atoms with van der Waals surface area (Å²) >= 11 is 5.38. The van der Waals surface area contributed by atoms with Crippen molar-refractivity contribution >= 4 is 40.8 Å². The Morgan fingerprint density at radius 3 is 1.81 bits per heavy atom. The van der Waals surface area contributed by atoms with Gasteiger partial charge in [-0.05, 0) is 61.4 Å². The topological polar surface area (TPSA) is 152 Å². The van der Waals surface area contributed by atoms with Crippen LogP contribution in [0.4, 0.5) is 5.69 Å². The van der Waals surface area contributed by atoms with Crippen LogP contribution in [0.25, 0.3) is 4.85 Å². The number of ketones is 2. The molecule has 0 saturated carbocycles. The van der Waals surface area contributed by atoms with Crippen molar-refractivity contribution in [2.75, 3.05) is 12.5 Å². The Bertz CT molecular complexity index is 1670. The van der Waals surface area contributed by atoms with E-state index in [2.05, 4.69) is 14.8 Å². The standard InChI is InChI=1S/C16H12N2O3.C8H8ClNO.C8H5NO2/c1-11-6-7-18-9-14(11)15(19)10-21-16(20)13-4-2-12(8-17)3-5-13;1-6-2-3-10-5-7(6)8(11)4-9;1-9-7-4-2-6(3-5-7)8(10)11/h2-7,9H,10H2,1H3;2-3,5H,4H2,1H3;2-5H,(H,10,11). The highest BCUT2D eigenvalue weighted by Crippen LogP contribution is 2.12. The molecule has 4 aromatic rings. The third kappa shape index (κ3) is 10.7. The summed E-state index contributed by atoms with van der Waals surface area (Å²) in [5, 5.41) is 17.1. The van der Waals surface area contributed by atoms with Crippen LogP contribution >= 0.6 is 11.6 Å². The first kappa shape index (κ1) is 33.5. The van der Waals surface area contributed by atoms with E-state index in [0.29, 0.717) is 27.9 Å². The monoisotopic (exact) mass is 596 g/mol. The van der Waals surface area contributed by atoms with Gasteiger partial charge in [0.25, 0.3) is 0 Å². The Morgan fingerprint density at radius 1 is 0.860 bits per heavy atom. The summed E-state index contributed by atoms with van der Waals surface area (Å²) in [6.07, 6.45) is 6.24. The fourth-order valence-electron chi connectivity index (χ4n) is 3.24. The average Bonchev–Trinajstić information content (AvgIpc) is 3.04. The van der Waals surface area contributed by atoms with Crippen LogP contribution in [0.15, 0.2) is 85.5 Å². The summed E-state index contributed by atoms with van der Waals surface area (Å²) in [6, 6.07) is 17.3. The van der Waals surface area contributed by atoms with E-state index < -0.39 is 11.9 Å². The number of ether oxygens (including phenoxy) is 1. The Labute approximate surface area is 253 Å². The Hall–Kier alpha value is -5.71. The highest BCUT2D eigenvalue weighted by Gasteiger charge is 2.13. The minimum atomic E-state index is -0.971. The Balaban J connectivity index is 0.000000247. The molecule has 0 aliphatic heterocycles. The van der Waals surface area contributed by atoms with Crippen molar-refractivity contribution in [3.8, 4) is 6.07 Å². The Kier molecular flexibility index (Phi) is 13.4. The molecule has 0 unspecified atom stereocenters. The second kappa shape index (κ2) is 17.2. The van der Waals surface area contributed by atoms with Gasteiger partial charge in [-0.15, -0.1) is 11.6 Å². The smallest absolute Gasteiger partial charge is 0.338 e. The Morgan fingerprint density at radius 2 is 1.37 bits per heavy atom. The number of pyridine rings is 2. The zero-order valence-corrected chi connectivity index (χ0v) is 23.9. The number of aryl methyl sites for hydroxylation is 2. The molecule has 11 heteroatoms. The lowest BCUT2D eigenvalue weighted by Gasteiger charge is -2.06. The second-order valence-electron chi connectivity index (χ2n) is 8.59. The van der Waals surface area contributed by atoms with Gasteiger partial charge in [-0.3, -0.25) is 19.6 Å². The number of hydrogen-bond acceptors (Lipinski definition) is 8. The van der Waals surface area contributed by atoms with Crippen molar-refractivity contribution < 1.29 is 29.0 Å². The lowest BCUT2D eigenvalue weighted by molar-refractivity contribution is 0.0474. The molecule has 0 saturated heterocycles. The maximum atomic E-state index is 11.9. The van der Waals surface area contributed by atoms with Crippen molar-refractivity contribution in [1.82, 2.24) is 9.97 Å². The number of benzene rings is 2. The molecular formula is C32H25ClN4O6. The zero-order valence-electron chi connectivity index (χ0n) is 23.2. The summed E-state index contributed by atoms with van der Waals surface area (Å²) in [4.78, 5) is 56.0. The molecule has 0 atom stereocenters. The van der Waals surface area contributed by atoms with E-state index in [0.717, 1.165) is 11.1 Å². The van der Waals surface area contributed by atoms with Crippen LogP contribution < -0.4 is 0 Å². The molecule has 1 N–H and O–H groups in total.